The fourth-order valence-corrected chi connectivity index (χ4v) is 4.12. The van der Waals surface area contributed by atoms with Crippen LogP contribution < -0.4 is 0 Å². The molecule has 1 heterocycles. The molecule has 4 rings (SSSR count). The summed E-state index contributed by atoms with van der Waals surface area (Å²) in [6.45, 7) is 0.276. The van der Waals surface area contributed by atoms with Gasteiger partial charge >= 0.3 is 6.09 Å². The molecule has 0 saturated carbocycles. The van der Waals surface area contributed by atoms with Gasteiger partial charge in [-0.05, 0) is 60.8 Å². The van der Waals surface area contributed by atoms with Crippen molar-refractivity contribution >= 4 is 12.0 Å². The Hall–Kier alpha value is -2.62. The van der Waals surface area contributed by atoms with Gasteiger partial charge in [0.1, 0.15) is 6.61 Å². The summed E-state index contributed by atoms with van der Waals surface area (Å²) in [6.07, 6.45) is 5.93. The molecule has 1 unspecified atom stereocenters. The minimum Gasteiger partial charge on any atom is -0.447 e. The molecular weight excluding hydrogens is 338 g/mol. The molecule has 2 aliphatic rings. The standard InChI is InChI=1S/C23H25NO3/c25-22(13-11-18-10-12-19-8-4-5-9-20(19)14-18)24-21(16-27-23(24)26)15-17-6-2-1-3-7-17/h1-3,6-7,10,12,14,21H,4-5,8-9,11,13,15-16H2. The maximum Gasteiger partial charge on any atom is 0.416 e. The Labute approximate surface area is 160 Å². The average Bonchev–Trinajstić information content (AvgIpc) is 3.07. The Balaban J connectivity index is 1.39. The lowest BCUT2D eigenvalue weighted by Gasteiger charge is -2.20. The number of hydrogen-bond acceptors (Lipinski definition) is 3. The van der Waals surface area contributed by atoms with Crippen molar-refractivity contribution < 1.29 is 14.3 Å². The van der Waals surface area contributed by atoms with E-state index in [2.05, 4.69) is 18.2 Å². The van der Waals surface area contributed by atoms with Gasteiger partial charge in [-0.25, -0.2) is 9.69 Å². The molecule has 0 radical (unpaired) electrons. The van der Waals surface area contributed by atoms with Crippen LogP contribution in [0.4, 0.5) is 4.79 Å². The summed E-state index contributed by atoms with van der Waals surface area (Å²) in [7, 11) is 0. The van der Waals surface area contributed by atoms with Crippen LogP contribution in [0, 0.1) is 0 Å². The summed E-state index contributed by atoms with van der Waals surface area (Å²) in [5, 5.41) is 0. The molecule has 2 aromatic rings. The topological polar surface area (TPSA) is 46.6 Å². The van der Waals surface area contributed by atoms with Crippen molar-refractivity contribution in [2.75, 3.05) is 6.61 Å². The van der Waals surface area contributed by atoms with E-state index < -0.39 is 6.09 Å². The van der Waals surface area contributed by atoms with Crippen molar-refractivity contribution in [1.29, 1.82) is 0 Å². The van der Waals surface area contributed by atoms with Gasteiger partial charge in [-0.3, -0.25) is 4.79 Å². The first-order valence-corrected chi connectivity index (χ1v) is 9.84. The normalized spacial score (nSPS) is 18.9. The van der Waals surface area contributed by atoms with Gasteiger partial charge in [0.25, 0.3) is 0 Å². The quantitative estimate of drug-likeness (QED) is 0.804. The monoisotopic (exact) mass is 363 g/mol. The molecule has 0 N–H and O–H groups in total. The van der Waals surface area contributed by atoms with Crippen LogP contribution in [-0.4, -0.2) is 29.5 Å². The van der Waals surface area contributed by atoms with Crippen molar-refractivity contribution in [3.63, 3.8) is 0 Å². The molecule has 1 fully saturated rings. The maximum atomic E-state index is 12.7. The molecule has 1 saturated heterocycles. The summed E-state index contributed by atoms with van der Waals surface area (Å²) >= 11 is 0. The number of imide groups is 1. The first kappa shape index (κ1) is 17.8. The molecule has 140 valence electrons. The third-order valence-electron chi connectivity index (χ3n) is 5.58. The number of carbonyl (C=O) groups is 2. The smallest absolute Gasteiger partial charge is 0.416 e. The second kappa shape index (κ2) is 7.95. The van der Waals surface area contributed by atoms with Gasteiger partial charge in [-0.1, -0.05) is 48.5 Å². The summed E-state index contributed by atoms with van der Waals surface area (Å²) in [4.78, 5) is 26.2. The number of cyclic esters (lactones) is 1. The lowest BCUT2D eigenvalue weighted by molar-refractivity contribution is -0.129. The number of aryl methyl sites for hydroxylation is 3. The zero-order valence-corrected chi connectivity index (χ0v) is 15.5. The Morgan fingerprint density at radius 3 is 2.59 bits per heavy atom. The lowest BCUT2D eigenvalue weighted by atomic mass is 9.89. The van der Waals surface area contributed by atoms with Crippen LogP contribution >= 0.6 is 0 Å². The van der Waals surface area contributed by atoms with Gasteiger partial charge in [-0.2, -0.15) is 0 Å². The van der Waals surface area contributed by atoms with Crippen molar-refractivity contribution in [2.45, 2.75) is 51.0 Å². The summed E-state index contributed by atoms with van der Waals surface area (Å²) < 4.78 is 5.16. The molecule has 0 aromatic heterocycles. The zero-order valence-electron chi connectivity index (χ0n) is 15.5. The van der Waals surface area contributed by atoms with Crippen LogP contribution in [0.5, 0.6) is 0 Å². The van der Waals surface area contributed by atoms with Gasteiger partial charge in [0, 0.05) is 6.42 Å². The Morgan fingerprint density at radius 2 is 1.78 bits per heavy atom. The van der Waals surface area contributed by atoms with Crippen molar-refractivity contribution in [2.24, 2.45) is 0 Å². The molecule has 2 aromatic carbocycles. The molecule has 0 spiro atoms. The predicted octanol–water partition coefficient (Wildman–Crippen LogP) is 4.09. The van der Waals surface area contributed by atoms with Crippen molar-refractivity contribution in [1.82, 2.24) is 4.90 Å². The van der Waals surface area contributed by atoms with Gasteiger partial charge in [0.05, 0.1) is 6.04 Å². The summed E-state index contributed by atoms with van der Waals surface area (Å²) in [5.74, 6) is -0.142. The molecule has 1 aliphatic carbocycles. The highest BCUT2D eigenvalue weighted by atomic mass is 16.6. The highest BCUT2D eigenvalue weighted by molar-refractivity contribution is 5.93. The minimum absolute atomic E-state index is 0.142. The average molecular weight is 363 g/mol. The van der Waals surface area contributed by atoms with E-state index in [0.717, 1.165) is 18.4 Å². The largest absolute Gasteiger partial charge is 0.447 e. The first-order chi connectivity index (χ1) is 13.2. The number of amides is 2. The number of hydrogen-bond donors (Lipinski definition) is 0. The molecule has 2 amide bonds. The van der Waals surface area contributed by atoms with Crippen molar-refractivity contribution in [3.05, 3.63) is 70.8 Å². The molecule has 4 heteroatoms. The second-order valence-corrected chi connectivity index (χ2v) is 7.49. The van der Waals surface area contributed by atoms with E-state index in [1.165, 1.54) is 34.4 Å². The van der Waals surface area contributed by atoms with E-state index in [4.69, 9.17) is 4.74 Å². The van der Waals surface area contributed by atoms with Gasteiger partial charge < -0.3 is 4.74 Å². The Morgan fingerprint density at radius 1 is 1.00 bits per heavy atom. The lowest BCUT2D eigenvalue weighted by Crippen LogP contribution is -2.40. The highest BCUT2D eigenvalue weighted by Gasteiger charge is 2.37. The van der Waals surface area contributed by atoms with E-state index in [-0.39, 0.29) is 18.6 Å². The fourth-order valence-electron chi connectivity index (χ4n) is 4.12. The number of fused-ring (bicyclic) bond motifs is 1. The van der Waals surface area contributed by atoms with Crippen LogP contribution in [0.15, 0.2) is 48.5 Å². The molecule has 4 nitrogen and oxygen atoms in total. The van der Waals surface area contributed by atoms with Gasteiger partial charge in [-0.15, -0.1) is 0 Å². The summed E-state index contributed by atoms with van der Waals surface area (Å²) in [5.41, 5.74) is 5.15. The molecule has 1 atom stereocenters. The van der Waals surface area contributed by atoms with Gasteiger partial charge in [0.2, 0.25) is 5.91 Å². The third kappa shape index (κ3) is 4.05. The molecule has 0 bridgehead atoms. The number of carbonyl (C=O) groups excluding carboxylic acids is 2. The van der Waals surface area contributed by atoms with Crippen LogP contribution in [-0.2, 0) is 35.2 Å². The maximum absolute atomic E-state index is 12.7. The predicted molar refractivity (Wildman–Crippen MR) is 104 cm³/mol. The van der Waals surface area contributed by atoms with Gasteiger partial charge in [0.15, 0.2) is 0 Å². The van der Waals surface area contributed by atoms with Crippen LogP contribution in [0.3, 0.4) is 0 Å². The minimum atomic E-state index is -0.508. The number of ether oxygens (including phenoxy) is 1. The van der Waals surface area contributed by atoms with Crippen LogP contribution in [0.2, 0.25) is 0 Å². The van der Waals surface area contributed by atoms with E-state index in [1.807, 2.05) is 30.3 Å². The Bertz CT molecular complexity index is 831. The third-order valence-corrected chi connectivity index (χ3v) is 5.58. The van der Waals surface area contributed by atoms with E-state index in [0.29, 0.717) is 19.3 Å². The second-order valence-electron chi connectivity index (χ2n) is 7.49. The molecular formula is C23H25NO3. The van der Waals surface area contributed by atoms with Crippen molar-refractivity contribution in [3.8, 4) is 0 Å². The van der Waals surface area contributed by atoms with E-state index in [9.17, 15) is 9.59 Å². The van der Waals surface area contributed by atoms with Crippen LogP contribution in [0.1, 0.15) is 41.5 Å². The SMILES string of the molecule is O=C(CCc1ccc2c(c1)CCCC2)N1C(=O)OCC1Cc1ccccc1. The zero-order chi connectivity index (χ0) is 18.6. The first-order valence-electron chi connectivity index (χ1n) is 9.84. The summed E-state index contributed by atoms with van der Waals surface area (Å²) in [6, 6.07) is 16.3. The molecule has 1 aliphatic heterocycles. The van der Waals surface area contributed by atoms with E-state index >= 15 is 0 Å². The number of nitrogens with zero attached hydrogens (tertiary/aromatic N) is 1. The Kier molecular flexibility index (Phi) is 5.23. The molecule has 27 heavy (non-hydrogen) atoms. The fraction of sp³-hybridized carbons (Fsp3) is 0.391. The van der Waals surface area contributed by atoms with E-state index in [1.54, 1.807) is 0 Å². The number of benzene rings is 2. The number of rotatable bonds is 5. The van der Waals surface area contributed by atoms with Crippen LogP contribution in [0.25, 0.3) is 0 Å². The highest BCUT2D eigenvalue weighted by Crippen LogP contribution is 2.24.